The lowest BCUT2D eigenvalue weighted by atomic mass is 10.1. The van der Waals surface area contributed by atoms with Crippen LogP contribution >= 0.6 is 0 Å². The molecule has 1 rings (SSSR count). The van der Waals surface area contributed by atoms with E-state index in [1.165, 1.54) is 9.80 Å². The Hall–Kier alpha value is -0.580. The fraction of sp³-hybridized carbons (Fsp3) is 1.00. The molecule has 10 heteroatoms. The van der Waals surface area contributed by atoms with E-state index < -0.39 is 49.7 Å². The summed E-state index contributed by atoms with van der Waals surface area (Å²) in [6, 6.07) is -0.942. The van der Waals surface area contributed by atoms with Crippen molar-refractivity contribution in [3.8, 4) is 0 Å². The summed E-state index contributed by atoms with van der Waals surface area (Å²) in [5.41, 5.74) is 0. The first-order chi connectivity index (χ1) is 9.82. The van der Waals surface area contributed by atoms with Crippen molar-refractivity contribution in [2.75, 3.05) is 26.2 Å². The molecule has 0 aliphatic carbocycles. The molecule has 2 N–H and O–H groups in total. The number of hydrogen-bond acceptors (Lipinski definition) is 4. The van der Waals surface area contributed by atoms with Crippen LogP contribution in [0.25, 0.3) is 0 Å². The molecule has 22 heavy (non-hydrogen) atoms. The van der Waals surface area contributed by atoms with Gasteiger partial charge in [0.25, 0.3) is 0 Å². The fourth-order valence-electron chi connectivity index (χ4n) is 2.63. The smallest absolute Gasteiger partial charge is 0.382 e. The second-order valence-corrected chi connectivity index (χ2v) is 5.73. The zero-order valence-corrected chi connectivity index (χ0v) is 12.2. The first kappa shape index (κ1) is 19.5. The maximum Gasteiger partial charge on any atom is 0.415 e. The summed E-state index contributed by atoms with van der Waals surface area (Å²) in [5, 5.41) is 18.2. The van der Waals surface area contributed by atoms with Gasteiger partial charge < -0.3 is 10.2 Å². The van der Waals surface area contributed by atoms with E-state index >= 15 is 0 Å². The molecule has 1 fully saturated rings. The van der Waals surface area contributed by atoms with E-state index in [0.717, 1.165) is 0 Å². The van der Waals surface area contributed by atoms with E-state index in [4.69, 9.17) is 10.2 Å². The lowest BCUT2D eigenvalue weighted by molar-refractivity contribution is -0.217. The molecule has 4 nitrogen and oxygen atoms in total. The molecule has 0 aromatic heterocycles. The van der Waals surface area contributed by atoms with Gasteiger partial charge in [-0.2, -0.15) is 26.3 Å². The quantitative estimate of drug-likeness (QED) is 0.757. The number of aliphatic hydroxyl groups excluding tert-OH is 2. The van der Waals surface area contributed by atoms with E-state index in [2.05, 4.69) is 0 Å². The molecule has 0 spiro atoms. The molecule has 1 aliphatic rings. The van der Waals surface area contributed by atoms with Crippen LogP contribution in [0.4, 0.5) is 26.3 Å². The van der Waals surface area contributed by atoms with Gasteiger partial charge in [-0.1, -0.05) is 0 Å². The van der Waals surface area contributed by atoms with E-state index in [1.54, 1.807) is 13.8 Å². The molecular formula is C12H20F6N2O2. The van der Waals surface area contributed by atoms with Crippen LogP contribution in [0.1, 0.15) is 13.8 Å². The van der Waals surface area contributed by atoms with Crippen molar-refractivity contribution in [3.63, 3.8) is 0 Å². The van der Waals surface area contributed by atoms with Crippen LogP contribution in [0.5, 0.6) is 0 Å². The highest BCUT2D eigenvalue weighted by Gasteiger charge is 2.43. The number of piperazine rings is 1. The Labute approximate surface area is 124 Å². The number of β-amino-alcohol motifs (C(OH)–C–C–N with tert-alkyl or cyclic N) is 2. The van der Waals surface area contributed by atoms with E-state index in [1.807, 2.05) is 0 Å². The molecule has 4 atom stereocenters. The van der Waals surface area contributed by atoms with Gasteiger partial charge in [0.05, 0.1) is 0 Å². The van der Waals surface area contributed by atoms with Crippen molar-refractivity contribution >= 4 is 0 Å². The van der Waals surface area contributed by atoms with Gasteiger partial charge in [0, 0.05) is 38.3 Å². The van der Waals surface area contributed by atoms with Crippen LogP contribution in [0, 0.1) is 0 Å². The molecule has 0 aromatic carbocycles. The SMILES string of the molecule is C[C@@H]1CN(C[C@H](O)C(F)(F)F)C[C@@H](C)N1C[C@@H](O)C(F)(F)F. The Morgan fingerprint density at radius 1 is 0.864 bits per heavy atom. The monoisotopic (exact) mass is 338 g/mol. The molecule has 0 saturated carbocycles. The van der Waals surface area contributed by atoms with Crippen molar-refractivity contribution < 1.29 is 36.6 Å². The number of rotatable bonds is 4. The predicted molar refractivity (Wildman–Crippen MR) is 66.2 cm³/mol. The first-order valence-electron chi connectivity index (χ1n) is 6.80. The largest absolute Gasteiger partial charge is 0.415 e. The van der Waals surface area contributed by atoms with Crippen molar-refractivity contribution in [2.45, 2.75) is 50.5 Å². The third-order valence-electron chi connectivity index (χ3n) is 3.75. The molecule has 0 amide bonds. The normalized spacial score (nSPS) is 28.6. The molecule has 1 saturated heterocycles. The van der Waals surface area contributed by atoms with Gasteiger partial charge >= 0.3 is 12.4 Å². The summed E-state index contributed by atoms with van der Waals surface area (Å²) >= 11 is 0. The topological polar surface area (TPSA) is 46.9 Å². The molecule has 132 valence electrons. The Kier molecular flexibility index (Phi) is 6.10. The third kappa shape index (κ3) is 5.25. The Morgan fingerprint density at radius 2 is 1.23 bits per heavy atom. The van der Waals surface area contributed by atoms with Gasteiger partial charge in [0.15, 0.2) is 12.2 Å². The second kappa shape index (κ2) is 6.90. The van der Waals surface area contributed by atoms with E-state index in [-0.39, 0.29) is 13.1 Å². The summed E-state index contributed by atoms with van der Waals surface area (Å²) in [7, 11) is 0. The van der Waals surface area contributed by atoms with Crippen LogP contribution in [0.3, 0.4) is 0 Å². The minimum Gasteiger partial charge on any atom is -0.382 e. The highest BCUT2D eigenvalue weighted by Crippen LogP contribution is 2.25. The zero-order valence-electron chi connectivity index (χ0n) is 12.2. The summed E-state index contributed by atoms with van der Waals surface area (Å²) in [4.78, 5) is 2.78. The first-order valence-corrected chi connectivity index (χ1v) is 6.80. The van der Waals surface area contributed by atoms with E-state index in [9.17, 15) is 26.3 Å². The predicted octanol–water partition coefficient (Wildman–Crippen LogP) is 1.23. The van der Waals surface area contributed by atoms with Gasteiger partial charge in [-0.05, 0) is 13.8 Å². The molecule has 1 heterocycles. The summed E-state index contributed by atoms with van der Waals surface area (Å²) in [6.07, 6.45) is -14.4. The standard InChI is InChI=1S/C12H20F6N2O2/c1-7-3-19(5-9(21)11(13,14)15)4-8(2)20(7)6-10(22)12(16,17)18/h7-10,21-22H,3-6H2,1-2H3/t7-,8-,9+,10-/m1/s1. The van der Waals surface area contributed by atoms with Crippen LogP contribution < -0.4 is 0 Å². The highest BCUT2D eigenvalue weighted by atomic mass is 19.4. The summed E-state index contributed by atoms with van der Waals surface area (Å²) < 4.78 is 74.2. The van der Waals surface area contributed by atoms with Gasteiger partial charge in [0.2, 0.25) is 0 Å². The molecule has 0 bridgehead atoms. The summed E-state index contributed by atoms with van der Waals surface area (Å²) in [6.45, 7) is 2.08. The van der Waals surface area contributed by atoms with Crippen molar-refractivity contribution in [2.24, 2.45) is 0 Å². The lowest BCUT2D eigenvalue weighted by Gasteiger charge is -2.45. The minimum atomic E-state index is -4.73. The van der Waals surface area contributed by atoms with Crippen LogP contribution in [0.2, 0.25) is 0 Å². The average molecular weight is 338 g/mol. The maximum absolute atomic E-state index is 12.4. The molecule has 0 radical (unpaired) electrons. The van der Waals surface area contributed by atoms with Crippen molar-refractivity contribution in [1.82, 2.24) is 9.80 Å². The van der Waals surface area contributed by atoms with Gasteiger partial charge in [-0.3, -0.25) is 9.80 Å². The Morgan fingerprint density at radius 3 is 1.59 bits per heavy atom. The van der Waals surface area contributed by atoms with Crippen LogP contribution in [-0.4, -0.2) is 82.8 Å². The summed E-state index contributed by atoms with van der Waals surface area (Å²) in [5.74, 6) is 0. The highest BCUT2D eigenvalue weighted by molar-refractivity contribution is 4.88. The van der Waals surface area contributed by atoms with Gasteiger partial charge in [-0.15, -0.1) is 0 Å². The van der Waals surface area contributed by atoms with Gasteiger partial charge in [-0.25, -0.2) is 0 Å². The number of nitrogens with zero attached hydrogens (tertiary/aromatic N) is 2. The molecule has 0 aromatic rings. The number of aliphatic hydroxyl groups is 2. The molecule has 1 aliphatic heterocycles. The fourth-order valence-corrected chi connectivity index (χ4v) is 2.63. The van der Waals surface area contributed by atoms with Crippen LogP contribution in [0.15, 0.2) is 0 Å². The average Bonchev–Trinajstić information content (AvgIpc) is 2.31. The number of hydrogen-bond donors (Lipinski definition) is 2. The zero-order chi connectivity index (χ0) is 17.3. The van der Waals surface area contributed by atoms with Crippen LogP contribution in [-0.2, 0) is 0 Å². The Balaban J connectivity index is 2.62. The van der Waals surface area contributed by atoms with Crippen molar-refractivity contribution in [1.29, 1.82) is 0 Å². The Bertz CT molecular complexity index is 351. The lowest BCUT2D eigenvalue weighted by Crippen LogP contribution is -2.60. The number of halogens is 6. The maximum atomic E-state index is 12.4. The van der Waals surface area contributed by atoms with Gasteiger partial charge in [0.1, 0.15) is 0 Å². The minimum absolute atomic E-state index is 0.0854. The number of alkyl halides is 6. The third-order valence-corrected chi connectivity index (χ3v) is 3.75. The van der Waals surface area contributed by atoms with Crippen molar-refractivity contribution in [3.05, 3.63) is 0 Å². The second-order valence-electron chi connectivity index (χ2n) is 5.73. The molecular weight excluding hydrogens is 318 g/mol. The van der Waals surface area contributed by atoms with E-state index in [0.29, 0.717) is 0 Å². The molecule has 0 unspecified atom stereocenters.